The van der Waals surface area contributed by atoms with Gasteiger partial charge in [-0.3, -0.25) is 10.2 Å². The van der Waals surface area contributed by atoms with E-state index in [-0.39, 0.29) is 6.17 Å². The molecule has 6 nitrogen and oxygen atoms in total. The number of ether oxygens (including phenoxy) is 1. The summed E-state index contributed by atoms with van der Waals surface area (Å²) in [7, 11) is 0. The van der Waals surface area contributed by atoms with E-state index in [1.54, 1.807) is 6.20 Å². The van der Waals surface area contributed by atoms with Crippen molar-refractivity contribution in [3.8, 4) is 11.5 Å². The summed E-state index contributed by atoms with van der Waals surface area (Å²) >= 11 is 0. The zero-order valence-electron chi connectivity index (χ0n) is 12.2. The molecule has 0 bridgehead atoms. The number of anilines is 2. The second-order valence-electron chi connectivity index (χ2n) is 5.60. The quantitative estimate of drug-likeness (QED) is 0.737. The van der Waals surface area contributed by atoms with Crippen molar-refractivity contribution in [2.75, 3.05) is 30.8 Å². The normalized spacial score (nSPS) is 20.6. The van der Waals surface area contributed by atoms with Crippen LogP contribution < -0.4 is 21.1 Å². The first-order valence-corrected chi connectivity index (χ1v) is 7.55. The van der Waals surface area contributed by atoms with E-state index in [1.807, 2.05) is 30.3 Å². The molecule has 0 aliphatic carbocycles. The average molecular weight is 297 g/mol. The van der Waals surface area contributed by atoms with E-state index < -0.39 is 0 Å². The van der Waals surface area contributed by atoms with Gasteiger partial charge in [-0.05, 0) is 43.3 Å². The lowest BCUT2D eigenvalue weighted by atomic mass is 10.1. The van der Waals surface area contributed by atoms with Gasteiger partial charge in [-0.15, -0.1) is 0 Å². The van der Waals surface area contributed by atoms with Gasteiger partial charge >= 0.3 is 0 Å². The fourth-order valence-electron chi connectivity index (χ4n) is 3.02. The minimum atomic E-state index is 0.155. The summed E-state index contributed by atoms with van der Waals surface area (Å²) in [6.07, 6.45) is 3.08. The SMILES string of the molecule is Nc1ccc(Oc2ccnc3c2C2NCCCN2CN3)cc1. The molecule has 0 spiro atoms. The molecule has 1 saturated heterocycles. The van der Waals surface area contributed by atoms with Gasteiger partial charge in [0.05, 0.1) is 18.4 Å². The van der Waals surface area contributed by atoms with Crippen molar-refractivity contribution < 1.29 is 4.74 Å². The summed E-state index contributed by atoms with van der Waals surface area (Å²) in [5.41, 5.74) is 7.53. The Morgan fingerprint density at radius 2 is 2.09 bits per heavy atom. The molecular formula is C16H19N5O. The van der Waals surface area contributed by atoms with Gasteiger partial charge in [0.1, 0.15) is 17.3 Å². The predicted molar refractivity (Wildman–Crippen MR) is 85.7 cm³/mol. The van der Waals surface area contributed by atoms with Crippen molar-refractivity contribution in [1.29, 1.82) is 0 Å². The Balaban J connectivity index is 1.70. The molecule has 6 heteroatoms. The van der Waals surface area contributed by atoms with Crippen LogP contribution in [-0.4, -0.2) is 29.6 Å². The molecule has 3 heterocycles. The van der Waals surface area contributed by atoms with Gasteiger partial charge in [-0.2, -0.15) is 0 Å². The van der Waals surface area contributed by atoms with E-state index in [0.717, 1.165) is 54.7 Å². The van der Waals surface area contributed by atoms with Crippen LogP contribution >= 0.6 is 0 Å². The van der Waals surface area contributed by atoms with Crippen LogP contribution in [0.5, 0.6) is 11.5 Å². The number of hydrogen-bond donors (Lipinski definition) is 3. The molecule has 1 aromatic carbocycles. The lowest BCUT2D eigenvalue weighted by Gasteiger charge is -2.41. The fourth-order valence-corrected chi connectivity index (χ4v) is 3.02. The predicted octanol–water partition coefficient (Wildman–Crippen LogP) is 2.13. The summed E-state index contributed by atoms with van der Waals surface area (Å²) in [4.78, 5) is 6.81. The topological polar surface area (TPSA) is 75.4 Å². The first kappa shape index (κ1) is 13.4. The lowest BCUT2D eigenvalue weighted by Crippen LogP contribution is -2.49. The zero-order chi connectivity index (χ0) is 14.9. The molecule has 0 amide bonds. The van der Waals surface area contributed by atoms with Crippen molar-refractivity contribution >= 4 is 11.5 Å². The van der Waals surface area contributed by atoms with Gasteiger partial charge in [0, 0.05) is 18.4 Å². The Labute approximate surface area is 129 Å². The fraction of sp³-hybridized carbons (Fsp3) is 0.312. The maximum atomic E-state index is 6.08. The van der Waals surface area contributed by atoms with Crippen LogP contribution in [0.25, 0.3) is 0 Å². The number of rotatable bonds is 2. The highest BCUT2D eigenvalue weighted by atomic mass is 16.5. The Bertz CT molecular complexity index is 673. The van der Waals surface area contributed by atoms with Gasteiger partial charge in [-0.1, -0.05) is 0 Å². The van der Waals surface area contributed by atoms with Crippen LogP contribution in [-0.2, 0) is 0 Å². The van der Waals surface area contributed by atoms with E-state index >= 15 is 0 Å². The molecule has 114 valence electrons. The molecule has 1 aromatic heterocycles. The maximum absolute atomic E-state index is 6.08. The summed E-state index contributed by atoms with van der Waals surface area (Å²) in [6, 6.07) is 9.35. The molecule has 22 heavy (non-hydrogen) atoms. The van der Waals surface area contributed by atoms with E-state index in [9.17, 15) is 0 Å². The monoisotopic (exact) mass is 297 g/mol. The summed E-state index contributed by atoms with van der Waals surface area (Å²) < 4.78 is 6.08. The second-order valence-corrected chi connectivity index (χ2v) is 5.60. The van der Waals surface area contributed by atoms with Gasteiger partial charge in [-0.25, -0.2) is 4.98 Å². The van der Waals surface area contributed by atoms with Gasteiger partial charge < -0.3 is 15.8 Å². The molecule has 1 fully saturated rings. The second kappa shape index (κ2) is 5.47. The molecule has 4 N–H and O–H groups in total. The molecule has 0 radical (unpaired) electrons. The largest absolute Gasteiger partial charge is 0.457 e. The number of nitrogen functional groups attached to an aromatic ring is 1. The van der Waals surface area contributed by atoms with Gasteiger partial charge in [0.15, 0.2) is 0 Å². The minimum Gasteiger partial charge on any atom is -0.457 e. The Morgan fingerprint density at radius 3 is 2.95 bits per heavy atom. The smallest absolute Gasteiger partial charge is 0.138 e. The van der Waals surface area contributed by atoms with Gasteiger partial charge in [0.25, 0.3) is 0 Å². The van der Waals surface area contributed by atoms with E-state index in [0.29, 0.717) is 0 Å². The Kier molecular flexibility index (Phi) is 3.32. The molecule has 2 aliphatic heterocycles. The lowest BCUT2D eigenvalue weighted by molar-refractivity contribution is 0.132. The molecule has 0 saturated carbocycles. The van der Waals surface area contributed by atoms with Gasteiger partial charge in [0.2, 0.25) is 0 Å². The molecular weight excluding hydrogens is 278 g/mol. The zero-order valence-corrected chi connectivity index (χ0v) is 12.2. The number of nitrogens with zero attached hydrogens (tertiary/aromatic N) is 2. The number of nitrogens with one attached hydrogen (secondary N) is 2. The molecule has 1 unspecified atom stereocenters. The number of aromatic nitrogens is 1. The molecule has 1 atom stereocenters. The first-order valence-electron chi connectivity index (χ1n) is 7.55. The summed E-state index contributed by atoms with van der Waals surface area (Å²) in [5, 5.41) is 6.93. The number of hydrogen-bond acceptors (Lipinski definition) is 6. The highest BCUT2D eigenvalue weighted by molar-refractivity contribution is 5.56. The van der Waals surface area contributed by atoms with Crippen LogP contribution in [0.4, 0.5) is 11.5 Å². The number of pyridine rings is 1. The Morgan fingerprint density at radius 1 is 1.23 bits per heavy atom. The van der Waals surface area contributed by atoms with Crippen molar-refractivity contribution in [1.82, 2.24) is 15.2 Å². The van der Waals surface area contributed by atoms with Crippen molar-refractivity contribution in [2.24, 2.45) is 0 Å². The number of benzene rings is 1. The van der Waals surface area contributed by atoms with E-state index in [2.05, 4.69) is 20.5 Å². The highest BCUT2D eigenvalue weighted by Gasteiger charge is 2.32. The third-order valence-electron chi connectivity index (χ3n) is 4.11. The minimum absolute atomic E-state index is 0.155. The summed E-state index contributed by atoms with van der Waals surface area (Å²) in [5.74, 6) is 2.49. The molecule has 2 aliphatic rings. The van der Waals surface area contributed by atoms with Crippen molar-refractivity contribution in [3.05, 3.63) is 42.1 Å². The highest BCUT2D eigenvalue weighted by Crippen LogP contribution is 2.38. The van der Waals surface area contributed by atoms with Crippen LogP contribution in [0, 0.1) is 0 Å². The number of fused-ring (bicyclic) bond motifs is 3. The third kappa shape index (κ3) is 2.36. The number of nitrogens with two attached hydrogens (primary N) is 1. The molecule has 4 rings (SSSR count). The van der Waals surface area contributed by atoms with E-state index in [4.69, 9.17) is 10.5 Å². The van der Waals surface area contributed by atoms with E-state index in [1.165, 1.54) is 0 Å². The van der Waals surface area contributed by atoms with Crippen molar-refractivity contribution in [3.63, 3.8) is 0 Å². The van der Waals surface area contributed by atoms with Crippen LogP contribution in [0.3, 0.4) is 0 Å². The molecule has 2 aromatic rings. The van der Waals surface area contributed by atoms with Crippen LogP contribution in [0.15, 0.2) is 36.5 Å². The average Bonchev–Trinajstić information content (AvgIpc) is 2.57. The first-order chi connectivity index (χ1) is 10.8. The van der Waals surface area contributed by atoms with Crippen LogP contribution in [0.1, 0.15) is 18.2 Å². The maximum Gasteiger partial charge on any atom is 0.138 e. The third-order valence-corrected chi connectivity index (χ3v) is 4.11. The van der Waals surface area contributed by atoms with Crippen LogP contribution in [0.2, 0.25) is 0 Å². The Hall–Kier alpha value is -2.31. The standard InChI is InChI=1S/C16H19N5O/c17-11-2-4-12(5-3-11)22-13-6-8-18-15-14(13)16-19-7-1-9-21(16)10-20-15/h2-6,8,16,19H,1,7,9-10,17H2,(H,18,20). The van der Waals surface area contributed by atoms with Crippen molar-refractivity contribution in [2.45, 2.75) is 12.6 Å². The summed E-state index contributed by atoms with van der Waals surface area (Å²) in [6.45, 7) is 2.89.